The van der Waals surface area contributed by atoms with Crippen LogP contribution in [-0.4, -0.2) is 0 Å². The molecule has 0 unspecified atom stereocenters. The van der Waals surface area contributed by atoms with Crippen LogP contribution in [-0.2, 0) is 6.42 Å². The van der Waals surface area contributed by atoms with Crippen LogP contribution < -0.4 is 0 Å². The van der Waals surface area contributed by atoms with Crippen molar-refractivity contribution >= 4 is 15.9 Å². The molecule has 1 rings (SSSR count). The Labute approximate surface area is 82.4 Å². The molecule has 0 aliphatic rings. The topological polar surface area (TPSA) is 0 Å². The second kappa shape index (κ2) is 5.15. The van der Waals surface area contributed by atoms with E-state index in [1.165, 1.54) is 11.1 Å². The molecule has 0 saturated heterocycles. The molecule has 0 aliphatic heterocycles. The van der Waals surface area contributed by atoms with Crippen molar-refractivity contribution in [1.29, 1.82) is 0 Å². The molecule has 12 heavy (non-hydrogen) atoms. The van der Waals surface area contributed by atoms with Crippen LogP contribution in [0.1, 0.15) is 18.9 Å². The lowest BCUT2D eigenvalue weighted by atomic mass is 10.1. The van der Waals surface area contributed by atoms with Crippen LogP contribution in [0.2, 0.25) is 0 Å². The van der Waals surface area contributed by atoms with E-state index in [4.69, 9.17) is 0 Å². The molecule has 0 saturated carbocycles. The molecular formula is C11H13Br. The van der Waals surface area contributed by atoms with Gasteiger partial charge in [-0.1, -0.05) is 51.8 Å². The highest BCUT2D eigenvalue weighted by molar-refractivity contribution is 9.11. The third-order valence-electron chi connectivity index (χ3n) is 1.84. The Balaban J connectivity index is 2.44. The number of halogens is 1. The highest BCUT2D eigenvalue weighted by Crippen LogP contribution is 2.09. The minimum absolute atomic E-state index is 1.13. The van der Waals surface area contributed by atoms with Crippen molar-refractivity contribution in [2.75, 3.05) is 0 Å². The molecule has 0 heterocycles. The maximum absolute atomic E-state index is 3.33. The first-order valence-electron chi connectivity index (χ1n) is 4.12. The van der Waals surface area contributed by atoms with Gasteiger partial charge in [-0.2, -0.15) is 0 Å². The van der Waals surface area contributed by atoms with E-state index in [0.717, 1.165) is 12.8 Å². The van der Waals surface area contributed by atoms with Crippen molar-refractivity contribution in [3.63, 3.8) is 0 Å². The summed E-state index contributed by atoms with van der Waals surface area (Å²) in [6.07, 6.45) is 2.27. The smallest absolute Gasteiger partial charge is 0.0200 e. The number of benzene rings is 1. The van der Waals surface area contributed by atoms with E-state index in [-0.39, 0.29) is 0 Å². The summed E-state index contributed by atoms with van der Waals surface area (Å²) in [5.41, 5.74) is 2.80. The predicted octanol–water partition coefficient (Wildman–Crippen LogP) is 3.92. The van der Waals surface area contributed by atoms with Crippen molar-refractivity contribution in [3.8, 4) is 0 Å². The summed E-state index contributed by atoms with van der Waals surface area (Å²) in [4.78, 5) is 2.00. The van der Waals surface area contributed by atoms with Crippen molar-refractivity contribution in [2.24, 2.45) is 0 Å². The quantitative estimate of drug-likeness (QED) is 0.731. The fraction of sp³-hybridized carbons (Fsp3) is 0.273. The molecule has 0 amide bonds. The SMILES string of the molecule is C/C(=C/Br)CCc1ccccc1. The maximum atomic E-state index is 3.33. The van der Waals surface area contributed by atoms with Crippen LogP contribution in [0.4, 0.5) is 0 Å². The number of allylic oxidation sites excluding steroid dienone is 1. The minimum atomic E-state index is 1.13. The predicted molar refractivity (Wildman–Crippen MR) is 57.4 cm³/mol. The van der Waals surface area contributed by atoms with Gasteiger partial charge in [0.05, 0.1) is 0 Å². The number of aryl methyl sites for hydroxylation is 1. The van der Waals surface area contributed by atoms with Gasteiger partial charge in [0.1, 0.15) is 0 Å². The average Bonchev–Trinajstić information content (AvgIpc) is 2.16. The first-order valence-corrected chi connectivity index (χ1v) is 5.04. The molecule has 0 aliphatic carbocycles. The normalized spacial score (nSPS) is 11.7. The van der Waals surface area contributed by atoms with E-state index < -0.39 is 0 Å². The van der Waals surface area contributed by atoms with Gasteiger partial charge in [-0.15, -0.1) is 0 Å². The lowest BCUT2D eigenvalue weighted by molar-refractivity contribution is 0.945. The Hall–Kier alpha value is -0.560. The molecule has 1 aromatic rings. The van der Waals surface area contributed by atoms with Gasteiger partial charge in [0.15, 0.2) is 0 Å². The molecule has 1 aromatic carbocycles. The van der Waals surface area contributed by atoms with Gasteiger partial charge < -0.3 is 0 Å². The number of rotatable bonds is 3. The molecule has 1 heteroatoms. The Kier molecular flexibility index (Phi) is 4.09. The van der Waals surface area contributed by atoms with Crippen LogP contribution in [0.5, 0.6) is 0 Å². The standard InChI is InChI=1S/C11H13Br/c1-10(9-12)7-8-11-5-3-2-4-6-11/h2-6,9H,7-8H2,1H3/b10-9-. The van der Waals surface area contributed by atoms with Crippen LogP contribution in [0, 0.1) is 0 Å². The lowest BCUT2D eigenvalue weighted by Crippen LogP contribution is -1.84. The van der Waals surface area contributed by atoms with Crippen LogP contribution >= 0.6 is 15.9 Å². The van der Waals surface area contributed by atoms with Crippen LogP contribution in [0.3, 0.4) is 0 Å². The van der Waals surface area contributed by atoms with Crippen molar-refractivity contribution < 1.29 is 0 Å². The van der Waals surface area contributed by atoms with E-state index >= 15 is 0 Å². The highest BCUT2D eigenvalue weighted by Gasteiger charge is 1.91. The van der Waals surface area contributed by atoms with Gasteiger partial charge in [-0.3, -0.25) is 0 Å². The Bertz CT molecular complexity index is 249. The number of hydrogen-bond donors (Lipinski definition) is 0. The van der Waals surface area contributed by atoms with Gasteiger partial charge in [0, 0.05) is 0 Å². The van der Waals surface area contributed by atoms with Crippen molar-refractivity contribution in [3.05, 3.63) is 46.5 Å². The molecule has 0 fully saturated rings. The number of hydrogen-bond acceptors (Lipinski definition) is 0. The van der Waals surface area contributed by atoms with Gasteiger partial charge in [-0.25, -0.2) is 0 Å². The summed E-state index contributed by atoms with van der Waals surface area (Å²) in [5, 5.41) is 0. The van der Waals surface area contributed by atoms with E-state index in [2.05, 4.69) is 53.2 Å². The highest BCUT2D eigenvalue weighted by atomic mass is 79.9. The second-order valence-electron chi connectivity index (χ2n) is 2.94. The van der Waals surface area contributed by atoms with Gasteiger partial charge in [0.25, 0.3) is 0 Å². The van der Waals surface area contributed by atoms with E-state index in [0.29, 0.717) is 0 Å². The lowest BCUT2D eigenvalue weighted by Gasteiger charge is -1.99. The molecular weight excluding hydrogens is 212 g/mol. The zero-order valence-electron chi connectivity index (χ0n) is 7.26. The van der Waals surface area contributed by atoms with Gasteiger partial charge in [-0.05, 0) is 30.3 Å². The van der Waals surface area contributed by atoms with Crippen LogP contribution in [0.15, 0.2) is 40.9 Å². The molecule has 0 N–H and O–H groups in total. The zero-order chi connectivity index (χ0) is 8.81. The molecule has 64 valence electrons. The molecule has 0 bridgehead atoms. The largest absolute Gasteiger partial charge is 0.0661 e. The molecule has 0 aromatic heterocycles. The Morgan fingerprint density at radius 1 is 1.33 bits per heavy atom. The van der Waals surface area contributed by atoms with Crippen molar-refractivity contribution in [2.45, 2.75) is 19.8 Å². The molecule has 0 atom stereocenters. The van der Waals surface area contributed by atoms with Crippen molar-refractivity contribution in [1.82, 2.24) is 0 Å². The summed E-state index contributed by atoms with van der Waals surface area (Å²) in [6.45, 7) is 2.14. The first kappa shape index (κ1) is 9.53. The summed E-state index contributed by atoms with van der Waals surface area (Å²) in [5.74, 6) is 0. The van der Waals surface area contributed by atoms with Crippen LogP contribution in [0.25, 0.3) is 0 Å². The van der Waals surface area contributed by atoms with E-state index in [1.54, 1.807) is 0 Å². The first-order chi connectivity index (χ1) is 5.83. The average molecular weight is 225 g/mol. The Morgan fingerprint density at radius 3 is 2.58 bits per heavy atom. The van der Waals surface area contributed by atoms with E-state index in [1.807, 2.05) is 4.99 Å². The van der Waals surface area contributed by atoms with Gasteiger partial charge >= 0.3 is 0 Å². The van der Waals surface area contributed by atoms with Gasteiger partial charge in [0.2, 0.25) is 0 Å². The second-order valence-corrected chi connectivity index (χ2v) is 3.40. The molecule has 0 spiro atoms. The summed E-state index contributed by atoms with van der Waals surface area (Å²) in [7, 11) is 0. The summed E-state index contributed by atoms with van der Waals surface area (Å²) < 4.78 is 0. The zero-order valence-corrected chi connectivity index (χ0v) is 8.84. The minimum Gasteiger partial charge on any atom is -0.0661 e. The summed E-state index contributed by atoms with van der Waals surface area (Å²) in [6, 6.07) is 10.6. The Morgan fingerprint density at radius 2 is 2.00 bits per heavy atom. The summed E-state index contributed by atoms with van der Waals surface area (Å²) >= 11 is 3.33. The molecule has 0 nitrogen and oxygen atoms in total. The third kappa shape index (κ3) is 3.22. The molecule has 0 radical (unpaired) electrons. The fourth-order valence-corrected chi connectivity index (χ4v) is 1.27. The third-order valence-corrected chi connectivity index (χ3v) is 2.62. The fourth-order valence-electron chi connectivity index (χ4n) is 1.04. The van der Waals surface area contributed by atoms with E-state index in [9.17, 15) is 0 Å². The maximum Gasteiger partial charge on any atom is -0.0200 e. The monoisotopic (exact) mass is 224 g/mol.